The van der Waals surface area contributed by atoms with E-state index in [1.165, 1.54) is 60.8 Å². The molecule has 0 bridgehead atoms. The highest BCUT2D eigenvalue weighted by Gasteiger charge is 2.11. The van der Waals surface area contributed by atoms with Crippen molar-refractivity contribution in [2.45, 2.75) is 113 Å². The van der Waals surface area contributed by atoms with Crippen molar-refractivity contribution in [3.63, 3.8) is 0 Å². The van der Waals surface area contributed by atoms with Crippen LogP contribution in [0.3, 0.4) is 0 Å². The summed E-state index contributed by atoms with van der Waals surface area (Å²) in [4.78, 5) is 2.54. The Kier molecular flexibility index (Phi) is 14.3. The summed E-state index contributed by atoms with van der Waals surface area (Å²) in [6, 6.07) is 1.21. The Morgan fingerprint density at radius 3 is 1.33 bits per heavy atom. The number of rotatable bonds is 13. The highest BCUT2D eigenvalue weighted by molar-refractivity contribution is 5.07. The van der Waals surface area contributed by atoms with Gasteiger partial charge >= 0.3 is 0 Å². The zero-order valence-electron chi connectivity index (χ0n) is 19.9. The molecule has 0 aromatic carbocycles. The summed E-state index contributed by atoms with van der Waals surface area (Å²) < 4.78 is 0. The van der Waals surface area contributed by atoms with Gasteiger partial charge in [-0.3, -0.25) is 4.90 Å². The molecule has 0 radical (unpaired) electrons. The summed E-state index contributed by atoms with van der Waals surface area (Å²) in [6.45, 7) is 21.4. The van der Waals surface area contributed by atoms with Crippen LogP contribution in [-0.2, 0) is 0 Å². The Morgan fingerprint density at radius 2 is 0.963 bits per heavy atom. The Hall–Kier alpha value is -1.08. The lowest BCUT2D eigenvalue weighted by atomic mass is 10.0. The second-order valence-corrected chi connectivity index (χ2v) is 8.93. The number of allylic oxidation sites excluding steroid dienone is 7. The topological polar surface area (TPSA) is 3.24 Å². The molecular formula is C26H47N. The molecule has 1 nitrogen and oxygen atoms in total. The predicted octanol–water partition coefficient (Wildman–Crippen LogP) is 8.25. The van der Waals surface area contributed by atoms with Crippen molar-refractivity contribution in [2.24, 2.45) is 0 Å². The van der Waals surface area contributed by atoms with Gasteiger partial charge in [0.25, 0.3) is 0 Å². The molecule has 0 aromatic heterocycles. The molecule has 0 aliphatic carbocycles. The van der Waals surface area contributed by atoms with Gasteiger partial charge in [0, 0.05) is 18.6 Å². The van der Waals surface area contributed by atoms with Gasteiger partial charge in [0.1, 0.15) is 0 Å². The second-order valence-electron chi connectivity index (χ2n) is 8.93. The van der Waals surface area contributed by atoms with Crippen LogP contribution in [0.2, 0.25) is 0 Å². The van der Waals surface area contributed by atoms with Gasteiger partial charge in [-0.05, 0) is 101 Å². The summed E-state index contributed by atoms with van der Waals surface area (Å²) in [6.07, 6.45) is 16.7. The monoisotopic (exact) mass is 373 g/mol. The second kappa shape index (κ2) is 14.9. The third kappa shape index (κ3) is 14.6. The molecule has 0 amide bonds. The van der Waals surface area contributed by atoms with E-state index in [9.17, 15) is 0 Å². The lowest BCUT2D eigenvalue weighted by Crippen LogP contribution is -2.37. The average molecular weight is 374 g/mol. The molecule has 0 atom stereocenters. The molecule has 0 aromatic rings. The standard InChI is InChI=1S/C26H47N/c1-21(2)13-10-14-24(7)15-11-16-25(8)17-12-18-26(9)19-20-27(22(3)4)23(5)6/h13,15,17,19,22-23H,10-12,14,16,18,20H2,1-9H3/b24-15+,25-17+,26-19+. The molecule has 0 saturated carbocycles. The Balaban J connectivity index is 4.20. The van der Waals surface area contributed by atoms with E-state index in [0.717, 1.165) is 6.54 Å². The van der Waals surface area contributed by atoms with Crippen LogP contribution < -0.4 is 0 Å². The summed E-state index contributed by atoms with van der Waals surface area (Å²) in [5.74, 6) is 0. The van der Waals surface area contributed by atoms with Gasteiger partial charge in [0.05, 0.1) is 0 Å². The zero-order chi connectivity index (χ0) is 20.8. The zero-order valence-corrected chi connectivity index (χ0v) is 19.9. The predicted molar refractivity (Wildman–Crippen MR) is 125 cm³/mol. The minimum absolute atomic E-state index is 0.606. The summed E-state index contributed by atoms with van der Waals surface area (Å²) in [7, 11) is 0. The molecule has 0 heterocycles. The van der Waals surface area contributed by atoms with Crippen LogP contribution in [0.25, 0.3) is 0 Å². The van der Waals surface area contributed by atoms with Crippen LogP contribution in [0.4, 0.5) is 0 Å². The van der Waals surface area contributed by atoms with Crippen molar-refractivity contribution < 1.29 is 0 Å². The maximum atomic E-state index is 2.54. The minimum atomic E-state index is 0.606. The first-order chi connectivity index (χ1) is 12.6. The highest BCUT2D eigenvalue weighted by Crippen LogP contribution is 2.14. The fraction of sp³-hybridized carbons (Fsp3) is 0.692. The van der Waals surface area contributed by atoms with E-state index in [1.54, 1.807) is 0 Å². The minimum Gasteiger partial charge on any atom is -0.295 e. The Morgan fingerprint density at radius 1 is 0.593 bits per heavy atom. The molecular weight excluding hydrogens is 326 g/mol. The molecule has 0 aliphatic rings. The van der Waals surface area contributed by atoms with Gasteiger partial charge in [-0.15, -0.1) is 0 Å². The maximum absolute atomic E-state index is 2.54. The lowest BCUT2D eigenvalue weighted by Gasteiger charge is -2.29. The fourth-order valence-electron chi connectivity index (χ4n) is 3.27. The van der Waals surface area contributed by atoms with Crippen molar-refractivity contribution in [1.29, 1.82) is 0 Å². The van der Waals surface area contributed by atoms with E-state index in [0.29, 0.717) is 12.1 Å². The van der Waals surface area contributed by atoms with E-state index in [4.69, 9.17) is 0 Å². The molecule has 0 spiro atoms. The molecule has 0 N–H and O–H groups in total. The largest absolute Gasteiger partial charge is 0.295 e. The smallest absolute Gasteiger partial charge is 0.0171 e. The molecule has 0 rings (SSSR count). The normalized spacial score (nSPS) is 13.9. The van der Waals surface area contributed by atoms with Gasteiger partial charge in [0.15, 0.2) is 0 Å². The fourth-order valence-corrected chi connectivity index (χ4v) is 3.27. The van der Waals surface area contributed by atoms with Gasteiger partial charge in [-0.25, -0.2) is 0 Å². The quantitative estimate of drug-likeness (QED) is 0.294. The van der Waals surface area contributed by atoms with E-state index in [1.807, 2.05) is 0 Å². The van der Waals surface area contributed by atoms with E-state index in [2.05, 4.69) is 91.5 Å². The molecule has 156 valence electrons. The van der Waals surface area contributed by atoms with Crippen molar-refractivity contribution in [3.8, 4) is 0 Å². The van der Waals surface area contributed by atoms with Crippen molar-refractivity contribution in [3.05, 3.63) is 46.6 Å². The molecule has 1 heteroatoms. The summed E-state index contributed by atoms with van der Waals surface area (Å²) in [5, 5.41) is 0. The van der Waals surface area contributed by atoms with Crippen LogP contribution in [0.1, 0.15) is 101 Å². The third-order valence-corrected chi connectivity index (χ3v) is 5.13. The van der Waals surface area contributed by atoms with E-state index < -0.39 is 0 Å². The number of nitrogens with zero attached hydrogens (tertiary/aromatic N) is 1. The highest BCUT2D eigenvalue weighted by atomic mass is 15.2. The van der Waals surface area contributed by atoms with Crippen molar-refractivity contribution in [1.82, 2.24) is 4.90 Å². The van der Waals surface area contributed by atoms with Gasteiger partial charge < -0.3 is 0 Å². The first kappa shape index (κ1) is 25.9. The number of hydrogen-bond donors (Lipinski definition) is 0. The van der Waals surface area contributed by atoms with E-state index >= 15 is 0 Å². The SMILES string of the molecule is CC(C)=CCC/C(C)=C/CC/C(C)=C/CC/C(C)=C/CN(C(C)C)C(C)C. The van der Waals surface area contributed by atoms with Crippen LogP contribution in [0.5, 0.6) is 0 Å². The molecule has 27 heavy (non-hydrogen) atoms. The maximum Gasteiger partial charge on any atom is 0.0171 e. The van der Waals surface area contributed by atoms with Crippen LogP contribution in [0.15, 0.2) is 46.6 Å². The lowest BCUT2D eigenvalue weighted by molar-refractivity contribution is 0.196. The van der Waals surface area contributed by atoms with Gasteiger partial charge in [-0.2, -0.15) is 0 Å². The molecule has 0 saturated heterocycles. The van der Waals surface area contributed by atoms with Crippen LogP contribution in [-0.4, -0.2) is 23.5 Å². The Bertz CT molecular complexity index is 502. The molecule has 0 unspecified atom stereocenters. The third-order valence-electron chi connectivity index (χ3n) is 5.13. The summed E-state index contributed by atoms with van der Waals surface area (Å²) in [5.41, 5.74) is 5.99. The van der Waals surface area contributed by atoms with Crippen molar-refractivity contribution >= 4 is 0 Å². The van der Waals surface area contributed by atoms with Gasteiger partial charge in [-0.1, -0.05) is 46.6 Å². The average Bonchev–Trinajstić information content (AvgIpc) is 2.53. The number of hydrogen-bond acceptors (Lipinski definition) is 1. The van der Waals surface area contributed by atoms with Crippen LogP contribution in [0, 0.1) is 0 Å². The van der Waals surface area contributed by atoms with Gasteiger partial charge in [0.2, 0.25) is 0 Å². The first-order valence-electron chi connectivity index (χ1n) is 11.0. The van der Waals surface area contributed by atoms with Crippen molar-refractivity contribution in [2.75, 3.05) is 6.54 Å². The Labute approximate surface area is 171 Å². The first-order valence-corrected chi connectivity index (χ1v) is 11.0. The molecule has 0 aliphatic heterocycles. The van der Waals surface area contributed by atoms with Crippen LogP contribution >= 0.6 is 0 Å². The van der Waals surface area contributed by atoms with E-state index in [-0.39, 0.29) is 0 Å². The molecule has 0 fully saturated rings. The summed E-state index contributed by atoms with van der Waals surface area (Å²) >= 11 is 0.